The van der Waals surface area contributed by atoms with Crippen molar-refractivity contribution in [3.63, 3.8) is 0 Å². The summed E-state index contributed by atoms with van der Waals surface area (Å²) in [4.78, 5) is 19.0. The molecule has 0 aromatic carbocycles. The normalized spacial score (nSPS) is 9.95. The molecule has 2 heterocycles. The fourth-order valence-electron chi connectivity index (χ4n) is 1.67. The largest absolute Gasteiger partial charge is 0.346 e. The highest BCUT2D eigenvalue weighted by Crippen LogP contribution is 2.18. The molecule has 0 bridgehead atoms. The van der Waals surface area contributed by atoms with E-state index in [-0.39, 0.29) is 5.91 Å². The number of amides is 1. The van der Waals surface area contributed by atoms with Gasteiger partial charge in [0.15, 0.2) is 0 Å². The summed E-state index contributed by atoms with van der Waals surface area (Å²) in [5.41, 5.74) is 6.11. The molecule has 2 aromatic heterocycles. The van der Waals surface area contributed by atoms with E-state index in [0.29, 0.717) is 18.0 Å². The average Bonchev–Trinajstić information content (AvgIpc) is 3.00. The highest BCUT2D eigenvalue weighted by Gasteiger charge is 2.13. The molecule has 104 valence electrons. The van der Waals surface area contributed by atoms with Crippen LogP contribution in [0.5, 0.6) is 0 Å². The van der Waals surface area contributed by atoms with Crippen LogP contribution in [0, 0.1) is 25.7 Å². The number of thiophene rings is 1. The van der Waals surface area contributed by atoms with E-state index in [4.69, 9.17) is 5.73 Å². The van der Waals surface area contributed by atoms with Crippen LogP contribution in [-0.2, 0) is 6.54 Å². The molecular weight excluding hydrogens is 290 g/mol. The highest BCUT2D eigenvalue weighted by atomic mass is 32.1. The fourth-order valence-corrected chi connectivity index (χ4v) is 3.33. The Morgan fingerprint density at radius 3 is 2.85 bits per heavy atom. The first-order chi connectivity index (χ1) is 9.60. The minimum Gasteiger partial charge on any atom is -0.346 e. The number of aryl methyl sites for hydroxylation is 2. The molecule has 4 nitrogen and oxygen atoms in total. The SMILES string of the molecule is Cc1nc(C)c(C(=O)NCc2ccc(C#CCN)s2)s1. The molecule has 0 aliphatic carbocycles. The second kappa shape index (κ2) is 6.66. The topological polar surface area (TPSA) is 68.0 Å². The predicted octanol–water partition coefficient (Wildman–Crippen LogP) is 2.06. The lowest BCUT2D eigenvalue weighted by Crippen LogP contribution is -2.22. The van der Waals surface area contributed by atoms with Gasteiger partial charge in [0.05, 0.1) is 28.7 Å². The number of carbonyl (C=O) groups excluding carboxylic acids is 1. The molecule has 0 aliphatic heterocycles. The van der Waals surface area contributed by atoms with E-state index in [0.717, 1.165) is 20.5 Å². The number of hydrogen-bond donors (Lipinski definition) is 2. The maximum atomic E-state index is 12.1. The van der Waals surface area contributed by atoms with Crippen molar-refractivity contribution < 1.29 is 4.79 Å². The maximum Gasteiger partial charge on any atom is 0.263 e. The van der Waals surface area contributed by atoms with Gasteiger partial charge < -0.3 is 11.1 Å². The summed E-state index contributed by atoms with van der Waals surface area (Å²) in [6.45, 7) is 4.61. The average molecular weight is 305 g/mol. The van der Waals surface area contributed by atoms with Crippen molar-refractivity contribution in [1.82, 2.24) is 10.3 Å². The third kappa shape index (κ3) is 3.67. The lowest BCUT2D eigenvalue weighted by molar-refractivity contribution is 0.0954. The Labute approximate surface area is 126 Å². The van der Waals surface area contributed by atoms with Crippen molar-refractivity contribution in [2.75, 3.05) is 6.54 Å². The molecule has 0 unspecified atom stereocenters. The summed E-state index contributed by atoms with van der Waals surface area (Å²) in [6.07, 6.45) is 0. The molecule has 0 spiro atoms. The zero-order valence-corrected chi connectivity index (χ0v) is 13.0. The second-order valence-corrected chi connectivity index (χ2v) is 6.47. The van der Waals surface area contributed by atoms with Crippen LogP contribution in [0.15, 0.2) is 12.1 Å². The Morgan fingerprint density at radius 2 is 2.20 bits per heavy atom. The van der Waals surface area contributed by atoms with E-state index >= 15 is 0 Å². The van der Waals surface area contributed by atoms with Gasteiger partial charge >= 0.3 is 0 Å². The fraction of sp³-hybridized carbons (Fsp3) is 0.286. The molecule has 0 saturated carbocycles. The van der Waals surface area contributed by atoms with Gasteiger partial charge in [-0.15, -0.1) is 22.7 Å². The van der Waals surface area contributed by atoms with Crippen molar-refractivity contribution >= 4 is 28.6 Å². The van der Waals surface area contributed by atoms with E-state index in [1.807, 2.05) is 26.0 Å². The van der Waals surface area contributed by atoms with Gasteiger partial charge in [-0.1, -0.05) is 11.8 Å². The van der Waals surface area contributed by atoms with Gasteiger partial charge in [-0.2, -0.15) is 0 Å². The van der Waals surface area contributed by atoms with Gasteiger partial charge in [-0.25, -0.2) is 4.98 Å². The van der Waals surface area contributed by atoms with Crippen LogP contribution in [0.3, 0.4) is 0 Å². The van der Waals surface area contributed by atoms with E-state index in [1.165, 1.54) is 11.3 Å². The molecule has 0 aliphatic rings. The van der Waals surface area contributed by atoms with E-state index in [1.54, 1.807) is 11.3 Å². The van der Waals surface area contributed by atoms with Crippen molar-refractivity contribution in [3.05, 3.63) is 37.5 Å². The first-order valence-corrected chi connectivity index (χ1v) is 7.73. The van der Waals surface area contributed by atoms with E-state index < -0.39 is 0 Å². The number of aromatic nitrogens is 1. The number of carbonyl (C=O) groups is 1. The number of nitrogens with two attached hydrogens (primary N) is 1. The van der Waals surface area contributed by atoms with Gasteiger partial charge in [0.2, 0.25) is 0 Å². The Balaban J connectivity index is 1.96. The Kier molecular flexibility index (Phi) is 4.90. The van der Waals surface area contributed by atoms with Crippen LogP contribution in [0.25, 0.3) is 0 Å². The van der Waals surface area contributed by atoms with Crippen LogP contribution in [0.4, 0.5) is 0 Å². The van der Waals surface area contributed by atoms with Crippen LogP contribution < -0.4 is 11.1 Å². The van der Waals surface area contributed by atoms with Crippen LogP contribution in [0.2, 0.25) is 0 Å². The zero-order valence-electron chi connectivity index (χ0n) is 11.3. The van der Waals surface area contributed by atoms with Gasteiger partial charge in [-0.05, 0) is 26.0 Å². The molecule has 1 amide bonds. The number of nitrogens with one attached hydrogen (secondary N) is 1. The maximum absolute atomic E-state index is 12.1. The van der Waals surface area contributed by atoms with Crippen LogP contribution in [-0.4, -0.2) is 17.4 Å². The van der Waals surface area contributed by atoms with Gasteiger partial charge in [0.1, 0.15) is 4.88 Å². The van der Waals surface area contributed by atoms with Gasteiger partial charge in [0, 0.05) is 4.88 Å². The second-order valence-electron chi connectivity index (χ2n) is 4.10. The standard InChI is InChI=1S/C14H15N3OS2/c1-9-13(19-10(2)17-9)14(18)16-8-12-6-5-11(20-12)4-3-7-15/h5-6H,7-8,15H2,1-2H3,(H,16,18). The molecule has 2 rings (SSSR count). The molecule has 20 heavy (non-hydrogen) atoms. The van der Waals surface area contributed by atoms with E-state index in [9.17, 15) is 4.79 Å². The first kappa shape index (κ1) is 14.7. The summed E-state index contributed by atoms with van der Waals surface area (Å²) in [6, 6.07) is 3.91. The molecule has 3 N–H and O–H groups in total. The summed E-state index contributed by atoms with van der Waals surface area (Å²) in [5, 5.41) is 3.81. The molecule has 0 atom stereocenters. The highest BCUT2D eigenvalue weighted by molar-refractivity contribution is 7.13. The Bertz CT molecular complexity index is 676. The minimum absolute atomic E-state index is 0.0731. The van der Waals surface area contributed by atoms with E-state index in [2.05, 4.69) is 22.1 Å². The van der Waals surface area contributed by atoms with Crippen molar-refractivity contribution in [1.29, 1.82) is 0 Å². The van der Waals surface area contributed by atoms with Crippen molar-refractivity contribution in [2.45, 2.75) is 20.4 Å². The Morgan fingerprint density at radius 1 is 1.40 bits per heavy atom. The lowest BCUT2D eigenvalue weighted by atomic mass is 10.3. The minimum atomic E-state index is -0.0731. The number of nitrogens with zero attached hydrogens (tertiary/aromatic N) is 1. The molecular formula is C14H15N3OS2. The monoisotopic (exact) mass is 305 g/mol. The van der Waals surface area contributed by atoms with Gasteiger partial charge in [0.25, 0.3) is 5.91 Å². The smallest absolute Gasteiger partial charge is 0.263 e. The zero-order chi connectivity index (χ0) is 14.5. The summed E-state index contributed by atoms with van der Waals surface area (Å²) in [5.74, 6) is 5.72. The van der Waals surface area contributed by atoms with Gasteiger partial charge in [-0.3, -0.25) is 4.79 Å². The number of hydrogen-bond acceptors (Lipinski definition) is 5. The molecule has 0 radical (unpaired) electrons. The third-order valence-corrected chi connectivity index (χ3v) is 4.58. The van der Waals surface area contributed by atoms with Crippen LogP contribution >= 0.6 is 22.7 Å². The third-order valence-electron chi connectivity index (χ3n) is 2.51. The quantitative estimate of drug-likeness (QED) is 0.853. The first-order valence-electron chi connectivity index (χ1n) is 6.10. The molecule has 0 saturated heterocycles. The predicted molar refractivity (Wildman–Crippen MR) is 83.0 cm³/mol. The molecule has 6 heteroatoms. The number of rotatable bonds is 3. The Hall–Kier alpha value is -1.68. The van der Waals surface area contributed by atoms with Crippen molar-refractivity contribution in [2.24, 2.45) is 5.73 Å². The summed E-state index contributed by atoms with van der Waals surface area (Å²) >= 11 is 2.98. The summed E-state index contributed by atoms with van der Waals surface area (Å²) < 4.78 is 0. The molecule has 2 aromatic rings. The molecule has 0 fully saturated rings. The van der Waals surface area contributed by atoms with Crippen molar-refractivity contribution in [3.8, 4) is 11.8 Å². The summed E-state index contributed by atoms with van der Waals surface area (Å²) in [7, 11) is 0. The number of thiazole rings is 1. The lowest BCUT2D eigenvalue weighted by Gasteiger charge is -2.01. The van der Waals surface area contributed by atoms with Crippen LogP contribution in [0.1, 0.15) is 30.1 Å².